The van der Waals surface area contributed by atoms with Gasteiger partial charge in [-0.3, -0.25) is 5.10 Å². The lowest BCUT2D eigenvalue weighted by Gasteiger charge is -2.18. The molecular formula is C13H15Cl2N3O2S. The molecule has 8 heteroatoms. The van der Waals surface area contributed by atoms with Crippen LogP contribution in [0.15, 0.2) is 23.1 Å². The molecule has 0 atom stereocenters. The number of benzene rings is 1. The summed E-state index contributed by atoms with van der Waals surface area (Å²) in [4.78, 5) is -0.00188. The highest BCUT2D eigenvalue weighted by atomic mass is 35.5. The van der Waals surface area contributed by atoms with Crippen LogP contribution in [0, 0.1) is 13.8 Å². The van der Waals surface area contributed by atoms with Crippen LogP contribution in [0.1, 0.15) is 17.0 Å². The topological polar surface area (TPSA) is 66.1 Å². The highest BCUT2D eigenvalue weighted by Crippen LogP contribution is 2.31. The number of rotatable bonds is 4. The van der Waals surface area contributed by atoms with Crippen molar-refractivity contribution >= 4 is 33.2 Å². The Morgan fingerprint density at radius 1 is 1.29 bits per heavy atom. The van der Waals surface area contributed by atoms with Crippen molar-refractivity contribution in [2.45, 2.75) is 25.3 Å². The van der Waals surface area contributed by atoms with Gasteiger partial charge in [-0.1, -0.05) is 29.3 Å². The standard InChI is InChI=1S/C13H15Cl2N3O2S/c1-8-10(9(2)17-16-8)7-18(3)21(19,20)12-6-4-5-11(14)13(12)15/h4-6H,7H2,1-3H3,(H,16,17). The van der Waals surface area contributed by atoms with Gasteiger partial charge in [0, 0.05) is 24.8 Å². The molecule has 0 radical (unpaired) electrons. The van der Waals surface area contributed by atoms with Crippen LogP contribution in [-0.2, 0) is 16.6 Å². The molecule has 114 valence electrons. The number of H-pyrrole nitrogens is 1. The van der Waals surface area contributed by atoms with Crippen molar-refractivity contribution in [1.82, 2.24) is 14.5 Å². The molecule has 1 N–H and O–H groups in total. The van der Waals surface area contributed by atoms with Crippen molar-refractivity contribution in [3.8, 4) is 0 Å². The minimum Gasteiger partial charge on any atom is -0.282 e. The number of aromatic nitrogens is 2. The van der Waals surface area contributed by atoms with Crippen LogP contribution in [0.5, 0.6) is 0 Å². The Labute approximate surface area is 133 Å². The molecule has 2 rings (SSSR count). The Morgan fingerprint density at radius 3 is 2.52 bits per heavy atom. The summed E-state index contributed by atoms with van der Waals surface area (Å²) in [6.07, 6.45) is 0. The second-order valence-electron chi connectivity index (χ2n) is 4.73. The first kappa shape index (κ1) is 16.3. The third-order valence-corrected chi connectivity index (χ3v) is 6.04. The molecule has 1 aromatic carbocycles. The first-order valence-corrected chi connectivity index (χ1v) is 8.35. The molecule has 0 aliphatic heterocycles. The number of aromatic amines is 1. The highest BCUT2D eigenvalue weighted by Gasteiger charge is 2.26. The Hall–Kier alpha value is -1.08. The molecule has 5 nitrogen and oxygen atoms in total. The second kappa shape index (κ2) is 5.96. The maximum Gasteiger partial charge on any atom is 0.244 e. The maximum atomic E-state index is 12.6. The van der Waals surface area contributed by atoms with E-state index in [1.54, 1.807) is 12.1 Å². The molecule has 0 aliphatic rings. The fourth-order valence-electron chi connectivity index (χ4n) is 1.97. The number of nitrogens with zero attached hydrogens (tertiary/aromatic N) is 2. The fraction of sp³-hybridized carbons (Fsp3) is 0.308. The lowest BCUT2D eigenvalue weighted by Crippen LogP contribution is -2.27. The monoisotopic (exact) mass is 347 g/mol. The van der Waals surface area contributed by atoms with Crippen LogP contribution >= 0.6 is 23.2 Å². The van der Waals surface area contributed by atoms with Gasteiger partial charge in [-0.15, -0.1) is 0 Å². The lowest BCUT2D eigenvalue weighted by molar-refractivity contribution is 0.465. The summed E-state index contributed by atoms with van der Waals surface area (Å²) in [5, 5.41) is 7.14. The zero-order valence-corrected chi connectivity index (χ0v) is 14.1. The zero-order chi connectivity index (χ0) is 15.8. The van der Waals surface area contributed by atoms with Crippen LogP contribution in [0.25, 0.3) is 0 Å². The average Bonchev–Trinajstić information content (AvgIpc) is 2.73. The van der Waals surface area contributed by atoms with E-state index in [1.807, 2.05) is 13.8 Å². The Morgan fingerprint density at radius 2 is 1.95 bits per heavy atom. The first-order valence-electron chi connectivity index (χ1n) is 6.16. The van der Waals surface area contributed by atoms with E-state index in [9.17, 15) is 8.42 Å². The molecule has 0 bridgehead atoms. The van der Waals surface area contributed by atoms with Gasteiger partial charge in [0.05, 0.1) is 15.7 Å². The number of nitrogens with one attached hydrogen (secondary N) is 1. The summed E-state index contributed by atoms with van der Waals surface area (Å²) in [6, 6.07) is 4.55. The predicted octanol–water partition coefficient (Wildman–Crippen LogP) is 3.15. The van der Waals surface area contributed by atoms with Gasteiger partial charge in [0.1, 0.15) is 4.90 Å². The Balaban J connectivity index is 2.38. The van der Waals surface area contributed by atoms with Crippen molar-refractivity contribution in [3.63, 3.8) is 0 Å². The summed E-state index contributed by atoms with van der Waals surface area (Å²) in [5.41, 5.74) is 2.46. The number of hydrogen-bond acceptors (Lipinski definition) is 3. The van der Waals surface area contributed by atoms with Crippen LogP contribution in [0.4, 0.5) is 0 Å². The van der Waals surface area contributed by atoms with Crippen molar-refractivity contribution in [1.29, 1.82) is 0 Å². The van der Waals surface area contributed by atoms with E-state index < -0.39 is 10.0 Å². The molecule has 21 heavy (non-hydrogen) atoms. The number of aryl methyl sites for hydroxylation is 2. The van der Waals surface area contributed by atoms with Crippen LogP contribution in [0.2, 0.25) is 10.0 Å². The first-order chi connectivity index (χ1) is 9.75. The largest absolute Gasteiger partial charge is 0.282 e. The molecular weight excluding hydrogens is 333 g/mol. The third-order valence-electron chi connectivity index (χ3n) is 3.27. The molecule has 0 saturated heterocycles. The normalized spacial score (nSPS) is 12.1. The smallest absolute Gasteiger partial charge is 0.244 e. The molecule has 2 aromatic rings. The van der Waals surface area contributed by atoms with Crippen LogP contribution in [0.3, 0.4) is 0 Å². The fourth-order valence-corrected chi connectivity index (χ4v) is 3.84. The molecule has 1 heterocycles. The molecule has 0 amide bonds. The van der Waals surface area contributed by atoms with Crippen molar-refractivity contribution < 1.29 is 8.42 Å². The van der Waals surface area contributed by atoms with Crippen molar-refractivity contribution in [2.75, 3.05) is 7.05 Å². The molecule has 0 aliphatic carbocycles. The summed E-state index contributed by atoms with van der Waals surface area (Å²) in [5.74, 6) is 0. The minimum absolute atomic E-state index is 0.00188. The van der Waals surface area contributed by atoms with Gasteiger partial charge in [0.2, 0.25) is 10.0 Å². The highest BCUT2D eigenvalue weighted by molar-refractivity contribution is 7.89. The van der Waals surface area contributed by atoms with Gasteiger partial charge in [-0.05, 0) is 26.0 Å². The van der Waals surface area contributed by atoms with Gasteiger partial charge in [-0.2, -0.15) is 9.40 Å². The van der Waals surface area contributed by atoms with Crippen molar-refractivity contribution in [2.24, 2.45) is 0 Å². The Bertz CT molecular complexity index is 752. The lowest BCUT2D eigenvalue weighted by atomic mass is 10.2. The van der Waals surface area contributed by atoms with Crippen LogP contribution in [-0.4, -0.2) is 30.0 Å². The van der Waals surface area contributed by atoms with E-state index in [2.05, 4.69) is 10.2 Å². The minimum atomic E-state index is -3.73. The maximum absolute atomic E-state index is 12.6. The van der Waals surface area contributed by atoms with Gasteiger partial charge in [0.25, 0.3) is 0 Å². The molecule has 0 fully saturated rings. The SMILES string of the molecule is Cc1n[nH]c(C)c1CN(C)S(=O)(=O)c1cccc(Cl)c1Cl. The van der Waals surface area contributed by atoms with Gasteiger partial charge < -0.3 is 0 Å². The molecule has 0 saturated carbocycles. The quantitative estimate of drug-likeness (QED) is 0.923. The molecule has 0 spiro atoms. The van der Waals surface area contributed by atoms with Gasteiger partial charge in [0.15, 0.2) is 0 Å². The summed E-state index contributed by atoms with van der Waals surface area (Å²) in [6.45, 7) is 3.88. The number of hydrogen-bond donors (Lipinski definition) is 1. The number of sulfonamides is 1. The van der Waals surface area contributed by atoms with E-state index in [0.29, 0.717) is 0 Å². The van der Waals surface area contributed by atoms with E-state index in [1.165, 1.54) is 17.4 Å². The average molecular weight is 348 g/mol. The van der Waals surface area contributed by atoms with E-state index >= 15 is 0 Å². The predicted molar refractivity (Wildman–Crippen MR) is 83.2 cm³/mol. The molecule has 1 aromatic heterocycles. The molecule has 0 unspecified atom stereocenters. The Kier molecular flexibility index (Phi) is 4.63. The summed E-state index contributed by atoms with van der Waals surface area (Å²) < 4.78 is 26.4. The second-order valence-corrected chi connectivity index (χ2v) is 7.52. The van der Waals surface area contributed by atoms with E-state index in [0.717, 1.165) is 17.0 Å². The number of halogens is 2. The van der Waals surface area contributed by atoms with Gasteiger partial charge >= 0.3 is 0 Å². The van der Waals surface area contributed by atoms with E-state index in [4.69, 9.17) is 23.2 Å². The van der Waals surface area contributed by atoms with E-state index in [-0.39, 0.29) is 21.5 Å². The zero-order valence-electron chi connectivity index (χ0n) is 11.8. The van der Waals surface area contributed by atoms with Gasteiger partial charge in [-0.25, -0.2) is 8.42 Å². The summed E-state index contributed by atoms with van der Waals surface area (Å²) >= 11 is 11.9. The summed E-state index contributed by atoms with van der Waals surface area (Å²) in [7, 11) is -2.23. The third kappa shape index (κ3) is 3.08. The van der Waals surface area contributed by atoms with Crippen molar-refractivity contribution in [3.05, 3.63) is 45.2 Å². The van der Waals surface area contributed by atoms with Crippen LogP contribution < -0.4 is 0 Å².